The average molecular weight is 704 g/mol. The van der Waals surface area contributed by atoms with Crippen molar-refractivity contribution in [3.63, 3.8) is 0 Å². The van der Waals surface area contributed by atoms with E-state index in [1.165, 1.54) is 270 Å². The first kappa shape index (κ1) is 50.0. The van der Waals surface area contributed by atoms with Crippen LogP contribution in [-0.4, -0.2) is 24.5 Å². The van der Waals surface area contributed by atoms with Crippen molar-refractivity contribution < 1.29 is 0 Å². The molecule has 0 aromatic heterocycles. The van der Waals surface area contributed by atoms with Crippen LogP contribution in [-0.2, 0) is 0 Å². The number of hydrogen-bond donors (Lipinski definition) is 0. The largest absolute Gasteiger partial charge is 0.303 e. The smallest absolute Gasteiger partial charge is 0.00187 e. The maximum atomic E-state index is 2.88. The minimum absolute atomic E-state index is 0.889. The van der Waals surface area contributed by atoms with E-state index in [-0.39, 0.29) is 0 Å². The quantitative estimate of drug-likeness (QED) is 0.0571. The van der Waals surface area contributed by atoms with Gasteiger partial charge in [0.2, 0.25) is 0 Å². The number of rotatable bonds is 44. The van der Waals surface area contributed by atoms with Crippen molar-refractivity contribution in [1.29, 1.82) is 0 Å². The third kappa shape index (κ3) is 44.1. The Hall–Kier alpha value is -0.0400. The summed E-state index contributed by atoms with van der Waals surface area (Å²) in [5.74, 6) is 1.78. The van der Waals surface area contributed by atoms with Gasteiger partial charge in [0.15, 0.2) is 0 Å². The van der Waals surface area contributed by atoms with Crippen molar-refractivity contribution in [2.75, 3.05) is 19.6 Å². The molecule has 0 heterocycles. The summed E-state index contributed by atoms with van der Waals surface area (Å²) < 4.78 is 0. The summed E-state index contributed by atoms with van der Waals surface area (Å²) in [5, 5.41) is 0. The third-order valence-corrected chi connectivity index (χ3v) is 11.6. The maximum Gasteiger partial charge on any atom is -0.00187 e. The summed E-state index contributed by atoms with van der Waals surface area (Å²) in [4.78, 5) is 2.88. The van der Waals surface area contributed by atoms with E-state index in [0.717, 1.165) is 11.8 Å². The minimum Gasteiger partial charge on any atom is -0.303 e. The Morgan fingerprint density at radius 1 is 0.240 bits per heavy atom. The van der Waals surface area contributed by atoms with Crippen molar-refractivity contribution in [3.05, 3.63) is 0 Å². The van der Waals surface area contributed by atoms with E-state index in [9.17, 15) is 0 Å². The van der Waals surface area contributed by atoms with Crippen LogP contribution in [0.25, 0.3) is 0 Å². The van der Waals surface area contributed by atoms with Crippen molar-refractivity contribution in [2.24, 2.45) is 11.8 Å². The number of nitrogens with zero attached hydrogens (tertiary/aromatic N) is 1. The molecule has 0 aliphatic rings. The van der Waals surface area contributed by atoms with Crippen molar-refractivity contribution >= 4 is 0 Å². The molecule has 0 aliphatic carbocycles. The standard InChI is InChI=1S/C49H101N/c1-6-7-8-9-10-11-12-15-20-25-30-35-40-45-50(46-41-36-31-26-21-16-13-18-23-28-33-38-43-48(2)3)47-42-37-32-27-22-17-14-19-24-29-34-39-44-49(4)5/h48-49H,6-47H2,1-5H3. The van der Waals surface area contributed by atoms with Crippen molar-refractivity contribution in [3.8, 4) is 0 Å². The molecule has 0 atom stereocenters. The van der Waals surface area contributed by atoms with Gasteiger partial charge < -0.3 is 4.90 Å². The Bertz CT molecular complexity index is 546. The van der Waals surface area contributed by atoms with E-state index in [0.29, 0.717) is 0 Å². The molecule has 0 aliphatic heterocycles. The maximum absolute atomic E-state index is 2.88. The molecular weight excluding hydrogens is 603 g/mol. The first-order valence-corrected chi connectivity index (χ1v) is 24.3. The molecule has 0 saturated heterocycles. The summed E-state index contributed by atoms with van der Waals surface area (Å²) >= 11 is 0. The lowest BCUT2D eigenvalue weighted by Crippen LogP contribution is -2.27. The second-order valence-electron chi connectivity index (χ2n) is 17.9. The van der Waals surface area contributed by atoms with Crippen molar-refractivity contribution in [1.82, 2.24) is 4.90 Å². The highest BCUT2D eigenvalue weighted by molar-refractivity contribution is 4.61. The Morgan fingerprint density at radius 3 is 0.620 bits per heavy atom. The van der Waals surface area contributed by atoms with Crippen LogP contribution in [0.3, 0.4) is 0 Å². The highest BCUT2D eigenvalue weighted by Crippen LogP contribution is 2.17. The van der Waals surface area contributed by atoms with Crippen LogP contribution in [0.5, 0.6) is 0 Å². The third-order valence-electron chi connectivity index (χ3n) is 11.6. The van der Waals surface area contributed by atoms with Gasteiger partial charge in [-0.2, -0.15) is 0 Å². The topological polar surface area (TPSA) is 3.24 Å². The van der Waals surface area contributed by atoms with Gasteiger partial charge in [0.05, 0.1) is 0 Å². The summed E-state index contributed by atoms with van der Waals surface area (Å²) in [6.07, 6.45) is 57.2. The first-order chi connectivity index (χ1) is 24.6. The van der Waals surface area contributed by atoms with Gasteiger partial charge in [-0.15, -0.1) is 0 Å². The van der Waals surface area contributed by atoms with Crippen LogP contribution in [0, 0.1) is 11.8 Å². The van der Waals surface area contributed by atoms with Gasteiger partial charge in [0.1, 0.15) is 0 Å². The second-order valence-corrected chi connectivity index (χ2v) is 17.9. The number of unbranched alkanes of at least 4 members (excludes halogenated alkanes) is 34. The normalized spacial score (nSPS) is 12.0. The fraction of sp³-hybridized carbons (Fsp3) is 1.00. The predicted octanol–water partition coefficient (Wildman–Crippen LogP) is 17.8. The summed E-state index contributed by atoms with van der Waals surface area (Å²) in [6.45, 7) is 15.9. The van der Waals surface area contributed by atoms with Crippen molar-refractivity contribution in [2.45, 2.75) is 285 Å². The molecule has 0 radical (unpaired) electrons. The molecule has 1 nitrogen and oxygen atoms in total. The van der Waals surface area contributed by atoms with Gasteiger partial charge in [0, 0.05) is 0 Å². The van der Waals surface area contributed by atoms with Crippen LogP contribution >= 0.6 is 0 Å². The Morgan fingerprint density at radius 2 is 0.420 bits per heavy atom. The molecule has 0 aromatic carbocycles. The molecule has 50 heavy (non-hydrogen) atoms. The fourth-order valence-corrected chi connectivity index (χ4v) is 8.00. The summed E-state index contributed by atoms with van der Waals surface area (Å²) in [7, 11) is 0. The lowest BCUT2D eigenvalue weighted by atomic mass is 10.0. The molecule has 302 valence electrons. The lowest BCUT2D eigenvalue weighted by molar-refractivity contribution is 0.254. The van der Waals surface area contributed by atoms with E-state index in [1.807, 2.05) is 0 Å². The van der Waals surface area contributed by atoms with E-state index >= 15 is 0 Å². The lowest BCUT2D eigenvalue weighted by Gasteiger charge is -2.22. The minimum atomic E-state index is 0.889. The Balaban J connectivity index is 3.94. The monoisotopic (exact) mass is 704 g/mol. The van der Waals surface area contributed by atoms with Crippen LogP contribution in [0.4, 0.5) is 0 Å². The molecular formula is C49H101N. The highest BCUT2D eigenvalue weighted by atomic mass is 15.1. The van der Waals surface area contributed by atoms with Gasteiger partial charge in [-0.1, -0.05) is 266 Å². The van der Waals surface area contributed by atoms with E-state index < -0.39 is 0 Å². The van der Waals surface area contributed by atoms with Gasteiger partial charge in [0.25, 0.3) is 0 Å². The van der Waals surface area contributed by atoms with Crippen LogP contribution in [0.2, 0.25) is 0 Å². The molecule has 0 rings (SSSR count). The van der Waals surface area contributed by atoms with Crippen LogP contribution < -0.4 is 0 Å². The Kier molecular flexibility index (Phi) is 43.3. The zero-order chi connectivity index (χ0) is 36.4. The zero-order valence-corrected chi connectivity index (χ0v) is 36.3. The average Bonchev–Trinajstić information content (AvgIpc) is 3.09. The van der Waals surface area contributed by atoms with Gasteiger partial charge in [-0.25, -0.2) is 0 Å². The second kappa shape index (κ2) is 43.4. The first-order valence-electron chi connectivity index (χ1n) is 24.3. The van der Waals surface area contributed by atoms with Crippen LogP contribution in [0.1, 0.15) is 285 Å². The fourth-order valence-electron chi connectivity index (χ4n) is 8.00. The van der Waals surface area contributed by atoms with Gasteiger partial charge in [-0.3, -0.25) is 0 Å². The molecule has 0 bridgehead atoms. The summed E-state index contributed by atoms with van der Waals surface area (Å²) in [6, 6.07) is 0. The molecule has 0 amide bonds. The van der Waals surface area contributed by atoms with E-state index in [2.05, 4.69) is 39.5 Å². The molecule has 0 fully saturated rings. The highest BCUT2D eigenvalue weighted by Gasteiger charge is 2.06. The zero-order valence-electron chi connectivity index (χ0n) is 36.3. The predicted molar refractivity (Wildman–Crippen MR) is 232 cm³/mol. The van der Waals surface area contributed by atoms with Gasteiger partial charge in [-0.05, 0) is 50.7 Å². The molecule has 0 aromatic rings. The molecule has 0 N–H and O–H groups in total. The van der Waals surface area contributed by atoms with Crippen LogP contribution in [0.15, 0.2) is 0 Å². The molecule has 0 spiro atoms. The van der Waals surface area contributed by atoms with E-state index in [4.69, 9.17) is 0 Å². The SMILES string of the molecule is CCCCCCCCCCCCCCCN(CCCCCCCCCCCCCCC(C)C)CCCCCCCCCCCCCCC(C)C. The summed E-state index contributed by atoms with van der Waals surface area (Å²) in [5.41, 5.74) is 0. The molecule has 0 saturated carbocycles. The van der Waals surface area contributed by atoms with E-state index in [1.54, 1.807) is 0 Å². The number of hydrogen-bond acceptors (Lipinski definition) is 1. The Labute approximate surface area is 320 Å². The molecule has 1 heteroatoms. The molecule has 0 unspecified atom stereocenters. The van der Waals surface area contributed by atoms with Gasteiger partial charge >= 0.3 is 0 Å².